The standard InChI is InChI=1S/C12H13BrClN3O3S/c1-6-11(7(2)16-15-6)17-21(18,19)10-5-8(14)4-9(13)12(10)20-3/h4-5,17H,1-3H3,(H,15,16). The molecule has 1 aromatic heterocycles. The molecule has 1 aromatic carbocycles. The van der Waals surface area contributed by atoms with Gasteiger partial charge in [-0.15, -0.1) is 0 Å². The van der Waals surface area contributed by atoms with Gasteiger partial charge in [-0.2, -0.15) is 5.10 Å². The molecule has 0 aliphatic rings. The second-order valence-corrected chi connectivity index (χ2v) is 7.28. The number of nitrogens with zero attached hydrogens (tertiary/aromatic N) is 1. The molecule has 2 rings (SSSR count). The lowest BCUT2D eigenvalue weighted by molar-refractivity contribution is 0.400. The van der Waals surface area contributed by atoms with Crippen LogP contribution in [0, 0.1) is 13.8 Å². The molecule has 0 saturated heterocycles. The highest BCUT2D eigenvalue weighted by atomic mass is 79.9. The van der Waals surface area contributed by atoms with Crippen LogP contribution in [-0.4, -0.2) is 25.7 Å². The predicted octanol–water partition coefficient (Wildman–Crippen LogP) is 3.25. The average Bonchev–Trinajstić information content (AvgIpc) is 2.69. The molecule has 114 valence electrons. The maximum atomic E-state index is 12.6. The van der Waals surface area contributed by atoms with Crippen molar-refractivity contribution in [1.82, 2.24) is 10.2 Å². The number of hydrogen-bond acceptors (Lipinski definition) is 4. The van der Waals surface area contributed by atoms with Gasteiger partial charge in [-0.05, 0) is 41.9 Å². The fraction of sp³-hybridized carbons (Fsp3) is 0.250. The van der Waals surface area contributed by atoms with Gasteiger partial charge < -0.3 is 4.74 Å². The first kappa shape index (κ1) is 16.1. The van der Waals surface area contributed by atoms with E-state index < -0.39 is 10.0 Å². The average molecular weight is 395 g/mol. The zero-order valence-corrected chi connectivity index (χ0v) is 14.6. The minimum absolute atomic E-state index is 0.0515. The lowest BCUT2D eigenvalue weighted by Gasteiger charge is -2.13. The Morgan fingerprint density at radius 3 is 2.57 bits per heavy atom. The molecular formula is C12H13BrClN3O3S. The summed E-state index contributed by atoms with van der Waals surface area (Å²) in [7, 11) is -2.48. The second kappa shape index (κ2) is 5.86. The topological polar surface area (TPSA) is 84.1 Å². The molecule has 0 unspecified atom stereocenters. The summed E-state index contributed by atoms with van der Waals surface area (Å²) in [6.07, 6.45) is 0. The van der Waals surface area contributed by atoms with Gasteiger partial charge in [0.25, 0.3) is 10.0 Å². The fourth-order valence-corrected chi connectivity index (χ4v) is 4.39. The third-order valence-electron chi connectivity index (χ3n) is 2.83. The maximum Gasteiger partial charge on any atom is 0.265 e. The number of sulfonamides is 1. The van der Waals surface area contributed by atoms with E-state index in [2.05, 4.69) is 30.8 Å². The summed E-state index contributed by atoms with van der Waals surface area (Å²) in [5.41, 5.74) is 1.58. The van der Waals surface area contributed by atoms with Crippen LogP contribution in [0.5, 0.6) is 5.75 Å². The Kier molecular flexibility index (Phi) is 4.50. The van der Waals surface area contributed by atoms with Crippen molar-refractivity contribution in [3.63, 3.8) is 0 Å². The van der Waals surface area contributed by atoms with Crippen LogP contribution in [0.4, 0.5) is 5.69 Å². The van der Waals surface area contributed by atoms with Gasteiger partial charge in [0.15, 0.2) is 5.75 Å². The molecule has 6 nitrogen and oxygen atoms in total. The highest BCUT2D eigenvalue weighted by Crippen LogP contribution is 2.36. The van der Waals surface area contributed by atoms with E-state index in [0.717, 1.165) is 0 Å². The predicted molar refractivity (Wildman–Crippen MR) is 84.6 cm³/mol. The molecule has 0 atom stereocenters. The van der Waals surface area contributed by atoms with Crippen molar-refractivity contribution in [2.45, 2.75) is 18.7 Å². The van der Waals surface area contributed by atoms with Crippen LogP contribution in [0.3, 0.4) is 0 Å². The van der Waals surface area contributed by atoms with Crippen LogP contribution < -0.4 is 9.46 Å². The van der Waals surface area contributed by atoms with Crippen LogP contribution in [-0.2, 0) is 10.0 Å². The minimum Gasteiger partial charge on any atom is -0.494 e. The van der Waals surface area contributed by atoms with Crippen LogP contribution in [0.25, 0.3) is 0 Å². The molecule has 0 aliphatic heterocycles. The van der Waals surface area contributed by atoms with Gasteiger partial charge in [0, 0.05) is 5.02 Å². The van der Waals surface area contributed by atoms with Crippen LogP contribution in [0.1, 0.15) is 11.4 Å². The number of benzene rings is 1. The highest BCUT2D eigenvalue weighted by molar-refractivity contribution is 9.10. The number of methoxy groups -OCH3 is 1. The molecule has 0 spiro atoms. The highest BCUT2D eigenvalue weighted by Gasteiger charge is 2.24. The zero-order chi connectivity index (χ0) is 15.8. The molecule has 2 aromatic rings. The zero-order valence-electron chi connectivity index (χ0n) is 11.5. The number of hydrogen-bond donors (Lipinski definition) is 2. The number of halogens is 2. The van der Waals surface area contributed by atoms with Crippen molar-refractivity contribution >= 4 is 43.2 Å². The van der Waals surface area contributed by atoms with E-state index in [1.165, 1.54) is 13.2 Å². The summed E-state index contributed by atoms with van der Waals surface area (Å²) < 4.78 is 33.3. The summed E-state index contributed by atoms with van der Waals surface area (Å²) in [6, 6.07) is 2.89. The van der Waals surface area contributed by atoms with E-state index in [-0.39, 0.29) is 15.7 Å². The molecule has 0 amide bonds. The normalized spacial score (nSPS) is 11.5. The molecule has 9 heteroatoms. The van der Waals surface area contributed by atoms with Gasteiger partial charge in [-0.3, -0.25) is 9.82 Å². The molecule has 0 saturated carbocycles. The molecule has 0 aliphatic carbocycles. The number of anilines is 1. The molecule has 0 radical (unpaired) electrons. The molecule has 21 heavy (non-hydrogen) atoms. The summed E-state index contributed by atoms with van der Waals surface area (Å²) in [4.78, 5) is -0.0515. The first-order chi connectivity index (χ1) is 9.76. The van der Waals surface area contributed by atoms with Gasteiger partial charge in [-0.1, -0.05) is 11.6 Å². The van der Waals surface area contributed by atoms with Crippen molar-refractivity contribution in [1.29, 1.82) is 0 Å². The van der Waals surface area contributed by atoms with Crippen LogP contribution in [0.15, 0.2) is 21.5 Å². The second-order valence-electron chi connectivity index (χ2n) is 4.33. The van der Waals surface area contributed by atoms with Crippen molar-refractivity contribution in [3.8, 4) is 5.75 Å². The van der Waals surface area contributed by atoms with Gasteiger partial charge in [0.05, 0.1) is 28.7 Å². The summed E-state index contributed by atoms with van der Waals surface area (Å²) >= 11 is 9.17. The first-order valence-corrected chi connectivity index (χ1v) is 8.49. The molecule has 0 fully saturated rings. The monoisotopic (exact) mass is 393 g/mol. The van der Waals surface area contributed by atoms with E-state index in [0.29, 0.717) is 21.5 Å². The molecule has 0 bridgehead atoms. The molecule has 2 N–H and O–H groups in total. The van der Waals surface area contributed by atoms with Crippen molar-refractivity contribution < 1.29 is 13.2 Å². The summed E-state index contributed by atoms with van der Waals surface area (Å²) in [5.74, 6) is 0.186. The Hall–Kier alpha value is -1.25. The summed E-state index contributed by atoms with van der Waals surface area (Å²) in [5, 5.41) is 6.95. The number of aromatic amines is 1. The first-order valence-electron chi connectivity index (χ1n) is 5.83. The SMILES string of the molecule is COc1c(Br)cc(Cl)cc1S(=O)(=O)Nc1c(C)n[nH]c1C. The van der Waals surface area contributed by atoms with E-state index in [4.69, 9.17) is 16.3 Å². The third-order valence-corrected chi connectivity index (χ3v) is 4.99. The molecule has 1 heterocycles. The van der Waals surface area contributed by atoms with Gasteiger partial charge >= 0.3 is 0 Å². The number of aryl methyl sites for hydroxylation is 2. The Labute approximate surface area is 136 Å². The van der Waals surface area contributed by atoms with Crippen molar-refractivity contribution in [3.05, 3.63) is 33.0 Å². The lowest BCUT2D eigenvalue weighted by atomic mass is 10.3. The Morgan fingerprint density at radius 2 is 2.05 bits per heavy atom. The van der Waals surface area contributed by atoms with E-state index in [9.17, 15) is 8.42 Å². The minimum atomic E-state index is -3.87. The van der Waals surface area contributed by atoms with Crippen molar-refractivity contribution in [2.75, 3.05) is 11.8 Å². The Balaban J connectivity index is 2.55. The smallest absolute Gasteiger partial charge is 0.265 e. The number of H-pyrrole nitrogens is 1. The van der Waals surface area contributed by atoms with E-state index >= 15 is 0 Å². The molecular weight excluding hydrogens is 382 g/mol. The number of ether oxygens (including phenoxy) is 1. The number of rotatable bonds is 4. The largest absolute Gasteiger partial charge is 0.494 e. The van der Waals surface area contributed by atoms with Crippen molar-refractivity contribution in [2.24, 2.45) is 0 Å². The van der Waals surface area contributed by atoms with Gasteiger partial charge in [-0.25, -0.2) is 8.42 Å². The quantitative estimate of drug-likeness (QED) is 0.833. The fourth-order valence-electron chi connectivity index (χ4n) is 1.83. The Bertz CT molecular complexity index is 770. The van der Waals surface area contributed by atoms with Crippen LogP contribution >= 0.6 is 27.5 Å². The van der Waals surface area contributed by atoms with Crippen LogP contribution in [0.2, 0.25) is 5.02 Å². The number of aromatic nitrogens is 2. The van der Waals surface area contributed by atoms with Gasteiger partial charge in [0.2, 0.25) is 0 Å². The van der Waals surface area contributed by atoms with E-state index in [1.54, 1.807) is 19.9 Å². The number of nitrogens with one attached hydrogen (secondary N) is 2. The maximum absolute atomic E-state index is 12.6. The third kappa shape index (κ3) is 3.17. The summed E-state index contributed by atoms with van der Waals surface area (Å²) in [6.45, 7) is 3.43. The van der Waals surface area contributed by atoms with Gasteiger partial charge in [0.1, 0.15) is 4.90 Å². The van der Waals surface area contributed by atoms with E-state index in [1.807, 2.05) is 0 Å². The lowest BCUT2D eigenvalue weighted by Crippen LogP contribution is -2.15. The Morgan fingerprint density at radius 1 is 1.38 bits per heavy atom.